The van der Waals surface area contributed by atoms with E-state index in [1.807, 2.05) is 44.2 Å². The molecule has 12 heteroatoms. The molecule has 2 aromatic carbocycles. The van der Waals surface area contributed by atoms with Gasteiger partial charge in [-0.25, -0.2) is 13.2 Å². The second-order valence-corrected chi connectivity index (χ2v) is 13.7. The third kappa shape index (κ3) is 7.99. The van der Waals surface area contributed by atoms with Crippen molar-refractivity contribution in [3.8, 4) is 6.07 Å². The Morgan fingerprint density at radius 1 is 1.21 bits per heavy atom. The van der Waals surface area contributed by atoms with Crippen LogP contribution in [0.3, 0.4) is 0 Å². The van der Waals surface area contributed by atoms with Crippen LogP contribution in [-0.2, 0) is 30.5 Å². The summed E-state index contributed by atoms with van der Waals surface area (Å²) in [5, 5.41) is 25.1. The van der Waals surface area contributed by atoms with Crippen molar-refractivity contribution >= 4 is 21.6 Å². The first-order valence-electron chi connectivity index (χ1n) is 14.1. The van der Waals surface area contributed by atoms with Crippen LogP contribution in [0.5, 0.6) is 0 Å². The van der Waals surface area contributed by atoms with E-state index in [2.05, 4.69) is 16.7 Å². The first-order valence-corrected chi connectivity index (χ1v) is 15.7. The van der Waals surface area contributed by atoms with Crippen molar-refractivity contribution in [2.45, 2.75) is 74.3 Å². The van der Waals surface area contributed by atoms with Gasteiger partial charge >= 0.3 is 6.09 Å². The SMILES string of the molecule is CC(C)(CCC#N)CNC([C@H](O)[C@H](Cc1ccccc1)NC(=O)O[C@@H]1CO[C@@H]2OCC[C@@H]21)S(=O)(=O)c1cccc(N)c1. The lowest BCUT2D eigenvalue weighted by Crippen LogP contribution is -2.58. The van der Waals surface area contributed by atoms with Crippen molar-refractivity contribution in [1.82, 2.24) is 10.6 Å². The molecule has 4 rings (SSSR count). The molecule has 0 bridgehead atoms. The molecule has 2 aliphatic rings. The van der Waals surface area contributed by atoms with Gasteiger partial charge in [0.05, 0.1) is 36.1 Å². The average molecular weight is 601 g/mol. The Morgan fingerprint density at radius 3 is 2.69 bits per heavy atom. The van der Waals surface area contributed by atoms with E-state index in [0.717, 1.165) is 5.56 Å². The summed E-state index contributed by atoms with van der Waals surface area (Å²) in [5.41, 5.74) is 6.49. The molecule has 2 saturated heterocycles. The molecule has 2 heterocycles. The van der Waals surface area contributed by atoms with Gasteiger partial charge in [-0.05, 0) is 48.4 Å². The highest BCUT2D eigenvalue weighted by atomic mass is 32.2. The van der Waals surface area contributed by atoms with Crippen LogP contribution >= 0.6 is 0 Å². The first-order chi connectivity index (χ1) is 20.0. The van der Waals surface area contributed by atoms with Crippen LogP contribution in [0.25, 0.3) is 0 Å². The lowest BCUT2D eigenvalue weighted by Gasteiger charge is -2.34. The second kappa shape index (κ2) is 13.8. The minimum atomic E-state index is -4.21. The van der Waals surface area contributed by atoms with E-state index in [1.165, 1.54) is 18.2 Å². The summed E-state index contributed by atoms with van der Waals surface area (Å²) < 4.78 is 44.8. The number of hydrogen-bond donors (Lipinski definition) is 4. The summed E-state index contributed by atoms with van der Waals surface area (Å²) in [6.07, 6.45) is -1.66. The third-order valence-electron chi connectivity index (χ3n) is 7.78. The summed E-state index contributed by atoms with van der Waals surface area (Å²) in [6.45, 7) is 4.72. The fourth-order valence-corrected chi connectivity index (χ4v) is 7.04. The average Bonchev–Trinajstić information content (AvgIpc) is 3.57. The summed E-state index contributed by atoms with van der Waals surface area (Å²) >= 11 is 0. The first kappa shape index (κ1) is 31.7. The van der Waals surface area contributed by atoms with Crippen LogP contribution in [0.15, 0.2) is 59.5 Å². The van der Waals surface area contributed by atoms with Crippen LogP contribution in [-0.4, -0.2) is 69.3 Å². The molecule has 1 amide bonds. The van der Waals surface area contributed by atoms with Gasteiger partial charge in [0, 0.05) is 18.7 Å². The fourth-order valence-electron chi connectivity index (χ4n) is 5.32. The lowest BCUT2D eigenvalue weighted by atomic mass is 9.88. The Kier molecular flexibility index (Phi) is 10.5. The number of sulfone groups is 1. The van der Waals surface area contributed by atoms with E-state index >= 15 is 0 Å². The maximum atomic E-state index is 14.0. The Morgan fingerprint density at radius 2 is 1.98 bits per heavy atom. The molecule has 2 fully saturated rings. The number of carbonyl (C=O) groups excluding carboxylic acids is 1. The van der Waals surface area contributed by atoms with Gasteiger partial charge in [-0.15, -0.1) is 0 Å². The number of nitrogens with one attached hydrogen (secondary N) is 2. The molecule has 0 spiro atoms. The zero-order valence-corrected chi connectivity index (χ0v) is 24.8. The molecule has 0 radical (unpaired) electrons. The molecule has 0 aliphatic carbocycles. The number of nitriles is 1. The number of aliphatic hydroxyl groups excluding tert-OH is 1. The number of benzene rings is 2. The third-order valence-corrected chi connectivity index (χ3v) is 9.81. The van der Waals surface area contributed by atoms with E-state index in [9.17, 15) is 18.3 Å². The van der Waals surface area contributed by atoms with Crippen molar-refractivity contribution in [2.24, 2.45) is 11.3 Å². The normalized spacial score (nSPS) is 22.5. The highest BCUT2D eigenvalue weighted by molar-refractivity contribution is 7.92. The number of aliphatic hydroxyl groups is 1. The summed E-state index contributed by atoms with van der Waals surface area (Å²) in [5.74, 6) is -0.0813. The van der Waals surface area contributed by atoms with Crippen LogP contribution < -0.4 is 16.4 Å². The van der Waals surface area contributed by atoms with Crippen molar-refractivity contribution in [1.29, 1.82) is 5.26 Å². The Balaban J connectivity index is 1.61. The van der Waals surface area contributed by atoms with Crippen LogP contribution in [0.1, 0.15) is 38.7 Å². The number of carbonyl (C=O) groups is 1. The Bertz CT molecular complexity index is 1350. The van der Waals surface area contributed by atoms with Gasteiger partial charge in [-0.1, -0.05) is 50.2 Å². The second-order valence-electron chi connectivity index (χ2n) is 11.6. The van der Waals surface area contributed by atoms with Gasteiger partial charge in [-0.3, -0.25) is 5.32 Å². The van der Waals surface area contributed by atoms with Gasteiger partial charge in [0.25, 0.3) is 0 Å². The van der Waals surface area contributed by atoms with Gasteiger partial charge in [-0.2, -0.15) is 5.26 Å². The van der Waals surface area contributed by atoms with E-state index < -0.39 is 51.3 Å². The highest BCUT2D eigenvalue weighted by Gasteiger charge is 2.45. The Hall–Kier alpha value is -3.21. The number of nitrogens with zero attached hydrogens (tertiary/aromatic N) is 1. The van der Waals surface area contributed by atoms with Gasteiger partial charge < -0.3 is 30.4 Å². The van der Waals surface area contributed by atoms with Gasteiger partial charge in [0.2, 0.25) is 0 Å². The van der Waals surface area contributed by atoms with E-state index in [-0.39, 0.29) is 36.1 Å². The number of amides is 1. The zero-order valence-electron chi connectivity index (χ0n) is 23.9. The van der Waals surface area contributed by atoms with Crippen molar-refractivity contribution < 1.29 is 32.5 Å². The predicted molar refractivity (Wildman–Crippen MR) is 156 cm³/mol. The number of nitrogens with two attached hydrogens (primary N) is 1. The number of anilines is 1. The largest absolute Gasteiger partial charge is 0.443 e. The van der Waals surface area contributed by atoms with E-state index in [4.69, 9.17) is 25.2 Å². The molecule has 2 aromatic rings. The van der Waals surface area contributed by atoms with Crippen molar-refractivity contribution in [2.75, 3.05) is 25.5 Å². The molecule has 42 heavy (non-hydrogen) atoms. The maximum absolute atomic E-state index is 14.0. The number of fused-ring (bicyclic) bond motifs is 1. The summed E-state index contributed by atoms with van der Waals surface area (Å²) in [7, 11) is -4.21. The highest BCUT2D eigenvalue weighted by Crippen LogP contribution is 2.33. The molecule has 0 saturated carbocycles. The van der Waals surface area contributed by atoms with Crippen LogP contribution in [0, 0.1) is 22.7 Å². The monoisotopic (exact) mass is 600 g/mol. The lowest BCUT2D eigenvalue weighted by molar-refractivity contribution is -0.0907. The topological polar surface area (TPSA) is 173 Å². The number of rotatable bonds is 13. The standard InChI is InChI=1S/C30H40N4O7S/c1-30(2,13-7-14-31)19-33-27(42(37,38)22-11-6-10-21(32)17-22)26(35)24(16-20-8-4-3-5-9-20)34-29(36)41-25-18-40-28-23(25)12-15-39-28/h3-6,8-11,17,23-28,33,35H,7,12-13,15-16,18-19,32H2,1-2H3,(H,34,36)/t23-,24+,25-,26-,27?,28+/m1/s1. The van der Waals surface area contributed by atoms with Gasteiger partial charge in [0.15, 0.2) is 16.1 Å². The number of nitrogen functional groups attached to an aromatic ring is 1. The molecule has 0 aromatic heterocycles. The molecule has 2 aliphatic heterocycles. The summed E-state index contributed by atoms with van der Waals surface area (Å²) in [4.78, 5) is 13.1. The molecule has 228 valence electrons. The minimum Gasteiger partial charge on any atom is -0.443 e. The summed E-state index contributed by atoms with van der Waals surface area (Å²) in [6, 6.07) is 16.1. The van der Waals surface area contributed by atoms with Crippen molar-refractivity contribution in [3.63, 3.8) is 0 Å². The molecular formula is C30H40N4O7S. The predicted octanol–water partition coefficient (Wildman–Crippen LogP) is 2.75. The number of ether oxygens (including phenoxy) is 3. The zero-order chi connectivity index (χ0) is 30.3. The molecule has 5 N–H and O–H groups in total. The quantitative estimate of drug-likeness (QED) is 0.250. The smallest absolute Gasteiger partial charge is 0.407 e. The molecule has 1 unspecified atom stereocenters. The van der Waals surface area contributed by atoms with Gasteiger partial charge in [0.1, 0.15) is 17.6 Å². The number of hydrogen-bond acceptors (Lipinski definition) is 10. The molecular weight excluding hydrogens is 560 g/mol. The number of alkyl carbamates (subject to hydrolysis) is 1. The van der Waals surface area contributed by atoms with Crippen LogP contribution in [0.4, 0.5) is 10.5 Å². The fraction of sp³-hybridized carbons (Fsp3) is 0.533. The minimum absolute atomic E-state index is 0.0645. The van der Waals surface area contributed by atoms with Crippen molar-refractivity contribution in [3.05, 3.63) is 60.2 Å². The van der Waals surface area contributed by atoms with E-state index in [0.29, 0.717) is 25.9 Å². The van der Waals surface area contributed by atoms with Crippen LogP contribution in [0.2, 0.25) is 0 Å². The Labute approximate surface area is 247 Å². The maximum Gasteiger partial charge on any atom is 0.407 e. The van der Waals surface area contributed by atoms with E-state index in [1.54, 1.807) is 6.07 Å². The molecule has 6 atom stereocenters. The molecule has 11 nitrogen and oxygen atoms in total.